The Labute approximate surface area is 131 Å². The number of ketones is 1. The topological polar surface area (TPSA) is 76.4 Å². The Morgan fingerprint density at radius 1 is 1.27 bits per heavy atom. The molecule has 1 heterocycles. The molecule has 5 nitrogen and oxygen atoms in total. The summed E-state index contributed by atoms with van der Waals surface area (Å²) in [6.07, 6.45) is -0.843. The molecule has 1 aromatic carbocycles. The van der Waals surface area contributed by atoms with Crippen molar-refractivity contribution in [3.63, 3.8) is 0 Å². The van der Waals surface area contributed by atoms with Gasteiger partial charge in [0.2, 0.25) is 5.78 Å². The van der Waals surface area contributed by atoms with E-state index in [1.54, 1.807) is 41.8 Å². The number of nitriles is 1. The molecule has 0 radical (unpaired) electrons. The zero-order chi connectivity index (χ0) is 15.9. The van der Waals surface area contributed by atoms with Crippen LogP contribution < -0.4 is 4.74 Å². The molecule has 1 atom stereocenters. The molecular weight excluding hydrogens is 302 g/mol. The first-order chi connectivity index (χ1) is 10.6. The molecule has 0 aliphatic rings. The molecule has 0 amide bonds. The summed E-state index contributed by atoms with van der Waals surface area (Å²) in [4.78, 5) is 24.1. The maximum absolute atomic E-state index is 11.8. The molecule has 2 rings (SSSR count). The first-order valence-electron chi connectivity index (χ1n) is 6.50. The third kappa shape index (κ3) is 4.17. The van der Waals surface area contributed by atoms with Crippen LogP contribution in [0, 0.1) is 11.3 Å². The minimum absolute atomic E-state index is 0.242. The molecule has 0 N–H and O–H groups in total. The van der Waals surface area contributed by atoms with Crippen molar-refractivity contribution in [2.75, 3.05) is 6.61 Å². The fourth-order valence-electron chi connectivity index (χ4n) is 1.62. The normalized spacial score (nSPS) is 11.3. The number of Topliss-reactive ketones (excluding diaryl/α,β-unsaturated/α-hetero) is 1. The fraction of sp³-hybridized carbons (Fsp3) is 0.188. The molecule has 0 fully saturated rings. The molecular formula is C16H13NO4S. The van der Waals surface area contributed by atoms with Crippen molar-refractivity contribution in [2.45, 2.75) is 13.0 Å². The Hall–Kier alpha value is -2.65. The van der Waals surface area contributed by atoms with E-state index in [9.17, 15) is 9.59 Å². The molecule has 1 aromatic heterocycles. The van der Waals surface area contributed by atoms with Gasteiger partial charge in [-0.2, -0.15) is 5.26 Å². The van der Waals surface area contributed by atoms with Gasteiger partial charge in [-0.15, -0.1) is 11.3 Å². The van der Waals surface area contributed by atoms with Crippen LogP contribution in [0.1, 0.15) is 22.2 Å². The molecule has 112 valence electrons. The van der Waals surface area contributed by atoms with Crippen molar-refractivity contribution in [3.8, 4) is 11.8 Å². The zero-order valence-electron chi connectivity index (χ0n) is 11.8. The van der Waals surface area contributed by atoms with E-state index in [2.05, 4.69) is 0 Å². The van der Waals surface area contributed by atoms with Crippen LogP contribution in [0.25, 0.3) is 0 Å². The summed E-state index contributed by atoms with van der Waals surface area (Å²) in [5.41, 5.74) is 0.504. The van der Waals surface area contributed by atoms with Gasteiger partial charge in [-0.05, 0) is 42.6 Å². The lowest BCUT2D eigenvalue weighted by Crippen LogP contribution is -2.28. The van der Waals surface area contributed by atoms with Gasteiger partial charge >= 0.3 is 5.97 Å². The molecule has 2 aromatic rings. The Morgan fingerprint density at radius 2 is 2.00 bits per heavy atom. The first-order valence-corrected chi connectivity index (χ1v) is 7.38. The minimum Gasteiger partial charge on any atom is -0.479 e. The number of rotatable bonds is 6. The predicted molar refractivity (Wildman–Crippen MR) is 80.9 cm³/mol. The van der Waals surface area contributed by atoms with Crippen molar-refractivity contribution in [3.05, 3.63) is 52.2 Å². The van der Waals surface area contributed by atoms with Crippen molar-refractivity contribution in [1.82, 2.24) is 0 Å². The van der Waals surface area contributed by atoms with E-state index in [0.29, 0.717) is 16.2 Å². The van der Waals surface area contributed by atoms with Crippen molar-refractivity contribution in [2.24, 2.45) is 0 Å². The van der Waals surface area contributed by atoms with Crippen molar-refractivity contribution in [1.29, 1.82) is 5.26 Å². The van der Waals surface area contributed by atoms with E-state index in [1.165, 1.54) is 18.3 Å². The van der Waals surface area contributed by atoms with Gasteiger partial charge in [0, 0.05) is 0 Å². The highest BCUT2D eigenvalue weighted by atomic mass is 32.1. The molecule has 0 aliphatic carbocycles. The van der Waals surface area contributed by atoms with E-state index in [-0.39, 0.29) is 12.4 Å². The summed E-state index contributed by atoms with van der Waals surface area (Å²) >= 11 is 1.30. The van der Waals surface area contributed by atoms with Crippen LogP contribution in [-0.4, -0.2) is 24.5 Å². The van der Waals surface area contributed by atoms with Gasteiger partial charge in [0.1, 0.15) is 5.75 Å². The monoisotopic (exact) mass is 315 g/mol. The number of ether oxygens (including phenoxy) is 2. The van der Waals surface area contributed by atoms with Gasteiger partial charge in [0.15, 0.2) is 12.7 Å². The summed E-state index contributed by atoms with van der Waals surface area (Å²) < 4.78 is 10.4. The smallest absolute Gasteiger partial charge is 0.347 e. The molecule has 6 heteroatoms. The maximum atomic E-state index is 11.8. The van der Waals surface area contributed by atoms with Crippen LogP contribution in [0.4, 0.5) is 0 Å². The second-order valence-corrected chi connectivity index (χ2v) is 5.35. The number of carbonyl (C=O) groups is 2. The molecule has 0 saturated heterocycles. The molecule has 0 bridgehead atoms. The average molecular weight is 315 g/mol. The Bertz CT molecular complexity index is 686. The van der Waals surface area contributed by atoms with Crippen LogP contribution >= 0.6 is 11.3 Å². The number of nitrogens with zero attached hydrogens (tertiary/aromatic N) is 1. The highest BCUT2D eigenvalue weighted by Gasteiger charge is 2.18. The number of benzene rings is 1. The fourth-order valence-corrected chi connectivity index (χ4v) is 2.27. The number of hydrogen-bond donors (Lipinski definition) is 0. The number of hydrogen-bond acceptors (Lipinski definition) is 6. The van der Waals surface area contributed by atoms with E-state index in [0.717, 1.165) is 0 Å². The van der Waals surface area contributed by atoms with Crippen LogP contribution in [0.15, 0.2) is 41.8 Å². The van der Waals surface area contributed by atoms with Gasteiger partial charge in [-0.25, -0.2) is 4.79 Å². The lowest BCUT2D eigenvalue weighted by Gasteiger charge is -2.13. The summed E-state index contributed by atoms with van der Waals surface area (Å²) in [6.45, 7) is 1.23. The maximum Gasteiger partial charge on any atom is 0.347 e. The van der Waals surface area contributed by atoms with E-state index < -0.39 is 12.1 Å². The third-order valence-corrected chi connectivity index (χ3v) is 3.68. The molecule has 0 spiro atoms. The third-order valence-electron chi connectivity index (χ3n) is 2.77. The second-order valence-electron chi connectivity index (χ2n) is 4.40. The van der Waals surface area contributed by atoms with Gasteiger partial charge in [0.05, 0.1) is 16.5 Å². The van der Waals surface area contributed by atoms with Crippen LogP contribution in [-0.2, 0) is 9.53 Å². The Morgan fingerprint density at radius 3 is 2.59 bits per heavy atom. The van der Waals surface area contributed by atoms with E-state index >= 15 is 0 Å². The minimum atomic E-state index is -0.843. The largest absolute Gasteiger partial charge is 0.479 e. The van der Waals surface area contributed by atoms with Gasteiger partial charge in [0.25, 0.3) is 0 Å². The SMILES string of the molecule is C[C@H](Oc1ccc(C#N)cc1)C(=O)OCC(=O)c1cccs1. The summed E-state index contributed by atoms with van der Waals surface area (Å²) in [7, 11) is 0. The Kier molecular flexibility index (Phi) is 5.28. The summed E-state index contributed by atoms with van der Waals surface area (Å²) in [6, 6.07) is 11.8. The quantitative estimate of drug-likeness (QED) is 0.605. The highest BCUT2D eigenvalue weighted by molar-refractivity contribution is 7.12. The summed E-state index contributed by atoms with van der Waals surface area (Å²) in [5, 5.41) is 10.5. The van der Waals surface area contributed by atoms with E-state index in [1.807, 2.05) is 6.07 Å². The summed E-state index contributed by atoms with van der Waals surface area (Å²) in [5.74, 6) is -0.406. The van der Waals surface area contributed by atoms with Crippen LogP contribution in [0.3, 0.4) is 0 Å². The van der Waals surface area contributed by atoms with E-state index in [4.69, 9.17) is 14.7 Å². The molecule has 0 unspecified atom stereocenters. The van der Waals surface area contributed by atoms with Gasteiger partial charge in [-0.1, -0.05) is 6.07 Å². The number of esters is 1. The number of thiophene rings is 1. The molecule has 22 heavy (non-hydrogen) atoms. The second kappa shape index (κ2) is 7.38. The standard InChI is InChI=1S/C16H13NO4S/c1-11(21-13-6-4-12(9-17)5-7-13)16(19)20-10-14(18)15-3-2-8-22-15/h2-8,11H,10H2,1H3/t11-/m0/s1. The number of carbonyl (C=O) groups excluding carboxylic acids is 2. The van der Waals surface area contributed by atoms with Crippen molar-refractivity contribution >= 4 is 23.1 Å². The molecule has 0 saturated carbocycles. The van der Waals surface area contributed by atoms with Crippen molar-refractivity contribution < 1.29 is 19.1 Å². The highest BCUT2D eigenvalue weighted by Crippen LogP contribution is 2.14. The van der Waals surface area contributed by atoms with Gasteiger partial charge < -0.3 is 9.47 Å². The first kappa shape index (κ1) is 15.7. The zero-order valence-corrected chi connectivity index (χ0v) is 12.6. The molecule has 0 aliphatic heterocycles. The van der Waals surface area contributed by atoms with Crippen LogP contribution in [0.5, 0.6) is 5.75 Å². The average Bonchev–Trinajstić information content (AvgIpc) is 3.07. The van der Waals surface area contributed by atoms with Gasteiger partial charge in [-0.3, -0.25) is 4.79 Å². The lowest BCUT2D eigenvalue weighted by molar-refractivity contribution is -0.149. The predicted octanol–water partition coefficient (Wildman–Crippen LogP) is 2.81. The van der Waals surface area contributed by atoms with Crippen LogP contribution in [0.2, 0.25) is 0 Å². The Balaban J connectivity index is 1.84. The lowest BCUT2D eigenvalue weighted by atomic mass is 10.2.